The summed E-state index contributed by atoms with van der Waals surface area (Å²) in [5.74, 6) is -0.0461. The fourth-order valence-electron chi connectivity index (χ4n) is 9.87. The minimum absolute atomic E-state index is 0.00156. The Morgan fingerprint density at radius 2 is 0.671 bits per heavy atom. The van der Waals surface area contributed by atoms with Crippen molar-refractivity contribution in [3.63, 3.8) is 0 Å². The number of aliphatic hydroxyl groups excluding tert-OH is 2. The third-order valence-corrected chi connectivity index (χ3v) is 14.7. The van der Waals surface area contributed by atoms with Crippen molar-refractivity contribution in [2.24, 2.45) is 0 Å². The van der Waals surface area contributed by atoms with E-state index in [1.54, 1.807) is 0 Å². The van der Waals surface area contributed by atoms with E-state index in [2.05, 4.69) is 43.5 Å². The van der Waals surface area contributed by atoms with Gasteiger partial charge in [-0.25, -0.2) is 0 Å². The van der Waals surface area contributed by atoms with Crippen LogP contribution in [0.2, 0.25) is 0 Å². The van der Waals surface area contributed by atoms with Gasteiger partial charge in [0, 0.05) is 12.8 Å². The summed E-state index contributed by atoms with van der Waals surface area (Å²) in [6.07, 6.45) is 73.2. The van der Waals surface area contributed by atoms with E-state index in [-0.39, 0.29) is 18.5 Å². The second kappa shape index (κ2) is 59.9. The van der Waals surface area contributed by atoms with Gasteiger partial charge in [-0.2, -0.15) is 0 Å². The van der Waals surface area contributed by atoms with Crippen molar-refractivity contribution in [3.05, 3.63) is 24.3 Å². The van der Waals surface area contributed by atoms with Crippen LogP contribution in [-0.4, -0.2) is 47.4 Å². The van der Waals surface area contributed by atoms with Crippen LogP contribution in [0.1, 0.15) is 348 Å². The summed E-state index contributed by atoms with van der Waals surface area (Å²) in [5.41, 5.74) is 0. The van der Waals surface area contributed by atoms with Gasteiger partial charge in [0.1, 0.15) is 0 Å². The van der Waals surface area contributed by atoms with Crippen LogP contribution in [0.3, 0.4) is 0 Å². The topological polar surface area (TPSA) is 95.9 Å². The smallest absolute Gasteiger partial charge is 0.305 e. The molecule has 0 aliphatic heterocycles. The van der Waals surface area contributed by atoms with Gasteiger partial charge in [-0.3, -0.25) is 9.59 Å². The molecule has 414 valence electrons. The Labute approximate surface area is 437 Å². The maximum absolute atomic E-state index is 12.5. The molecule has 0 heterocycles. The summed E-state index contributed by atoms with van der Waals surface area (Å²) in [5, 5.41) is 23.3. The molecule has 70 heavy (non-hydrogen) atoms. The lowest BCUT2D eigenvalue weighted by molar-refractivity contribution is -0.143. The molecule has 0 bridgehead atoms. The molecule has 0 aromatic heterocycles. The van der Waals surface area contributed by atoms with Crippen molar-refractivity contribution in [3.8, 4) is 0 Å². The summed E-state index contributed by atoms with van der Waals surface area (Å²) in [7, 11) is 0. The second-order valence-corrected chi connectivity index (χ2v) is 21.7. The number of unbranched alkanes of at least 4 members (excludes halogenated alkanes) is 44. The van der Waals surface area contributed by atoms with Crippen LogP contribution in [0, 0.1) is 0 Å². The Morgan fingerprint density at radius 1 is 0.386 bits per heavy atom. The molecule has 6 heteroatoms. The molecular weight excluding hydrogens is 863 g/mol. The monoisotopic (exact) mass is 986 g/mol. The normalized spacial score (nSPS) is 12.7. The van der Waals surface area contributed by atoms with Crippen LogP contribution in [-0.2, 0) is 14.3 Å². The quantitative estimate of drug-likeness (QED) is 0.0321. The number of allylic oxidation sites excluding steroid dienone is 4. The first-order chi connectivity index (χ1) is 34.5. The maximum Gasteiger partial charge on any atom is 0.305 e. The number of ether oxygens (including phenoxy) is 1. The van der Waals surface area contributed by atoms with E-state index in [1.165, 1.54) is 257 Å². The lowest BCUT2D eigenvalue weighted by atomic mass is 10.0. The highest BCUT2D eigenvalue weighted by atomic mass is 16.5. The lowest BCUT2D eigenvalue weighted by Gasteiger charge is -2.22. The van der Waals surface area contributed by atoms with Gasteiger partial charge in [0.2, 0.25) is 5.91 Å². The molecular formula is C64H123NO5. The number of rotatable bonds is 59. The van der Waals surface area contributed by atoms with Gasteiger partial charge in [-0.05, 0) is 77.0 Å². The van der Waals surface area contributed by atoms with Gasteiger partial charge >= 0.3 is 5.97 Å². The Kier molecular flexibility index (Phi) is 58.5. The van der Waals surface area contributed by atoms with Crippen LogP contribution >= 0.6 is 0 Å². The van der Waals surface area contributed by atoms with E-state index in [4.69, 9.17) is 4.74 Å². The Hall–Kier alpha value is -1.66. The van der Waals surface area contributed by atoms with Gasteiger partial charge in [-0.1, -0.05) is 282 Å². The van der Waals surface area contributed by atoms with E-state index in [0.29, 0.717) is 25.9 Å². The Balaban J connectivity index is 3.43. The molecule has 1 amide bonds. The summed E-state index contributed by atoms with van der Waals surface area (Å²) >= 11 is 0. The zero-order valence-electron chi connectivity index (χ0n) is 47.3. The number of nitrogens with one attached hydrogen (secondary N) is 1. The van der Waals surface area contributed by atoms with Gasteiger partial charge in [0.25, 0.3) is 0 Å². The first kappa shape index (κ1) is 68.3. The highest BCUT2D eigenvalue weighted by Gasteiger charge is 2.20. The predicted octanol–water partition coefficient (Wildman–Crippen LogP) is 19.8. The zero-order valence-corrected chi connectivity index (χ0v) is 47.3. The molecule has 0 aromatic carbocycles. The van der Waals surface area contributed by atoms with E-state index < -0.39 is 12.1 Å². The first-order valence-electron chi connectivity index (χ1n) is 31.6. The van der Waals surface area contributed by atoms with Gasteiger partial charge in [-0.15, -0.1) is 0 Å². The molecule has 0 aromatic rings. The Bertz CT molecular complexity index is 1090. The number of hydrogen-bond donors (Lipinski definition) is 3. The number of carbonyl (C=O) groups excluding carboxylic acids is 2. The fourth-order valence-corrected chi connectivity index (χ4v) is 9.87. The van der Waals surface area contributed by atoms with E-state index in [0.717, 1.165) is 57.8 Å². The molecule has 0 aliphatic carbocycles. The molecule has 0 saturated carbocycles. The summed E-state index contributed by atoms with van der Waals surface area (Å²) in [6.45, 7) is 4.95. The molecule has 6 nitrogen and oxygen atoms in total. The van der Waals surface area contributed by atoms with Crippen LogP contribution in [0.4, 0.5) is 0 Å². The second-order valence-electron chi connectivity index (χ2n) is 21.7. The summed E-state index contributed by atoms with van der Waals surface area (Å²) in [4.78, 5) is 24.6. The highest BCUT2D eigenvalue weighted by molar-refractivity contribution is 5.76. The lowest BCUT2D eigenvalue weighted by Crippen LogP contribution is -2.45. The molecule has 0 spiro atoms. The SMILES string of the molecule is CCCCCCCC/C=C\CCCCCCCCCCCC(=O)OCCCCCCCC/C=C\CCCCCCCCCC(=O)NC(CO)C(O)CCCCCCCCCCCCCCCCCCC. The van der Waals surface area contributed by atoms with Crippen molar-refractivity contribution in [2.45, 2.75) is 360 Å². The average Bonchev–Trinajstić information content (AvgIpc) is 3.36. The van der Waals surface area contributed by atoms with Crippen molar-refractivity contribution in [1.82, 2.24) is 5.32 Å². The summed E-state index contributed by atoms with van der Waals surface area (Å²) in [6, 6.07) is -0.551. The molecule has 3 N–H and O–H groups in total. The molecule has 2 atom stereocenters. The highest BCUT2D eigenvalue weighted by Crippen LogP contribution is 2.18. The number of amides is 1. The van der Waals surface area contributed by atoms with Crippen LogP contribution in [0.15, 0.2) is 24.3 Å². The van der Waals surface area contributed by atoms with E-state index in [1.807, 2.05) is 0 Å². The minimum Gasteiger partial charge on any atom is -0.466 e. The van der Waals surface area contributed by atoms with Crippen LogP contribution in [0.25, 0.3) is 0 Å². The van der Waals surface area contributed by atoms with Gasteiger partial charge < -0.3 is 20.3 Å². The summed E-state index contributed by atoms with van der Waals surface area (Å²) < 4.78 is 5.49. The third-order valence-electron chi connectivity index (χ3n) is 14.7. The standard InChI is InChI=1S/C64H123NO5/c1-3-5-7-9-11-13-15-17-19-21-22-26-30-34-38-42-46-50-54-58-64(69)70-59-55-51-47-43-39-35-31-27-23-25-29-33-37-41-45-49-53-57-63(68)65-61(60-66)62(67)56-52-48-44-40-36-32-28-24-20-18-16-14-12-10-8-6-4-2/h17,19,23,27,61-62,66-67H,3-16,18,20-22,24-26,28-60H2,1-2H3,(H,65,68)/b19-17-,27-23-. The molecule has 0 radical (unpaired) electrons. The molecule has 2 unspecified atom stereocenters. The molecule has 0 aliphatic rings. The number of carbonyl (C=O) groups is 2. The van der Waals surface area contributed by atoms with Gasteiger partial charge in [0.05, 0.1) is 25.4 Å². The number of esters is 1. The van der Waals surface area contributed by atoms with Crippen molar-refractivity contribution in [2.75, 3.05) is 13.2 Å². The third kappa shape index (κ3) is 55.7. The fraction of sp³-hybridized carbons (Fsp3) is 0.906. The van der Waals surface area contributed by atoms with Gasteiger partial charge in [0.15, 0.2) is 0 Å². The van der Waals surface area contributed by atoms with Crippen LogP contribution in [0.5, 0.6) is 0 Å². The zero-order chi connectivity index (χ0) is 50.7. The van der Waals surface area contributed by atoms with Crippen LogP contribution < -0.4 is 5.32 Å². The molecule has 0 fully saturated rings. The van der Waals surface area contributed by atoms with Crippen molar-refractivity contribution >= 4 is 11.9 Å². The molecule has 0 rings (SSSR count). The van der Waals surface area contributed by atoms with Crippen molar-refractivity contribution < 1.29 is 24.5 Å². The average molecular weight is 987 g/mol. The molecule has 0 saturated heterocycles. The largest absolute Gasteiger partial charge is 0.466 e. The van der Waals surface area contributed by atoms with E-state index >= 15 is 0 Å². The Morgan fingerprint density at radius 3 is 1.01 bits per heavy atom. The number of aliphatic hydroxyl groups is 2. The predicted molar refractivity (Wildman–Crippen MR) is 306 cm³/mol. The van der Waals surface area contributed by atoms with Crippen molar-refractivity contribution in [1.29, 1.82) is 0 Å². The number of hydrogen-bond acceptors (Lipinski definition) is 5. The maximum atomic E-state index is 12.5. The van der Waals surface area contributed by atoms with E-state index in [9.17, 15) is 19.8 Å². The minimum atomic E-state index is -0.672. The first-order valence-corrected chi connectivity index (χ1v) is 31.6.